The molecule has 0 atom stereocenters. The third-order valence-electron chi connectivity index (χ3n) is 2.51. The first-order valence-corrected chi connectivity index (χ1v) is 4.50. The summed E-state index contributed by atoms with van der Waals surface area (Å²) in [5.74, 6) is 0. The van der Waals surface area contributed by atoms with Crippen LogP contribution < -0.4 is 11.4 Å². The van der Waals surface area contributed by atoms with Crippen molar-refractivity contribution in [3.8, 4) is 0 Å². The lowest BCUT2D eigenvalue weighted by Crippen LogP contribution is -2.44. The van der Waals surface area contributed by atoms with E-state index in [1.807, 2.05) is 13.8 Å². The van der Waals surface area contributed by atoms with Gasteiger partial charge in [0.25, 0.3) is 0 Å². The fraction of sp³-hybridized carbons (Fsp3) is 0.750. The lowest BCUT2D eigenvalue weighted by Gasteiger charge is -2.26. The summed E-state index contributed by atoms with van der Waals surface area (Å²) in [5.41, 5.74) is 5.56. The van der Waals surface area contributed by atoms with Crippen LogP contribution in [0.4, 0.5) is 0 Å². The number of nitrogens with one attached hydrogen (secondary N) is 1. The lowest BCUT2D eigenvalue weighted by molar-refractivity contribution is 0.335. The maximum atomic E-state index is 11.1. The van der Waals surface area contributed by atoms with E-state index in [4.69, 9.17) is 5.73 Å². The highest BCUT2D eigenvalue weighted by Gasteiger charge is 2.21. The van der Waals surface area contributed by atoms with Gasteiger partial charge in [0.15, 0.2) is 0 Å². The molecule has 0 unspecified atom stereocenters. The SMILES string of the molecule is CCC(N)(CC)Cn1cn[nH]c1=O. The highest BCUT2D eigenvalue weighted by molar-refractivity contribution is 4.82. The average Bonchev–Trinajstić information content (AvgIpc) is 2.52. The van der Waals surface area contributed by atoms with Crippen molar-refractivity contribution in [2.75, 3.05) is 0 Å². The Morgan fingerprint density at radius 1 is 1.62 bits per heavy atom. The van der Waals surface area contributed by atoms with Crippen LogP contribution in [-0.4, -0.2) is 20.3 Å². The van der Waals surface area contributed by atoms with E-state index in [1.165, 1.54) is 10.9 Å². The predicted octanol–water partition coefficient (Wildman–Crippen LogP) is 0.0889. The fourth-order valence-electron chi connectivity index (χ4n) is 1.20. The number of aromatic amines is 1. The van der Waals surface area contributed by atoms with Crippen molar-refractivity contribution in [3.63, 3.8) is 0 Å². The van der Waals surface area contributed by atoms with Crippen LogP contribution in [0.1, 0.15) is 26.7 Å². The maximum Gasteiger partial charge on any atom is 0.343 e. The smallest absolute Gasteiger partial charge is 0.324 e. The molecule has 0 aliphatic heterocycles. The van der Waals surface area contributed by atoms with E-state index >= 15 is 0 Å². The molecule has 0 aliphatic carbocycles. The molecule has 5 nitrogen and oxygen atoms in total. The van der Waals surface area contributed by atoms with Gasteiger partial charge in [0.05, 0.1) is 0 Å². The van der Waals surface area contributed by atoms with Gasteiger partial charge in [0, 0.05) is 12.1 Å². The molecule has 0 radical (unpaired) electrons. The number of hydrogen-bond acceptors (Lipinski definition) is 3. The second-order valence-corrected chi connectivity index (χ2v) is 3.36. The van der Waals surface area contributed by atoms with Crippen molar-refractivity contribution >= 4 is 0 Å². The molecule has 5 heteroatoms. The first-order chi connectivity index (χ1) is 6.11. The molecule has 3 N–H and O–H groups in total. The van der Waals surface area contributed by atoms with Crippen LogP contribution in [0.5, 0.6) is 0 Å². The Balaban J connectivity index is 2.79. The Hall–Kier alpha value is -1.10. The summed E-state index contributed by atoms with van der Waals surface area (Å²) in [4.78, 5) is 11.1. The van der Waals surface area contributed by atoms with E-state index in [1.54, 1.807) is 0 Å². The molecular formula is C8H16N4O. The molecule has 0 aliphatic rings. The van der Waals surface area contributed by atoms with E-state index in [0.29, 0.717) is 6.54 Å². The standard InChI is InChI=1S/C8H16N4O/c1-3-8(9,4-2)5-12-6-10-11-7(12)13/h6H,3-5,9H2,1-2H3,(H,11,13). The third-order valence-corrected chi connectivity index (χ3v) is 2.51. The van der Waals surface area contributed by atoms with E-state index in [0.717, 1.165) is 12.8 Å². The van der Waals surface area contributed by atoms with Crippen LogP contribution in [0.3, 0.4) is 0 Å². The van der Waals surface area contributed by atoms with E-state index in [2.05, 4.69) is 10.2 Å². The second-order valence-electron chi connectivity index (χ2n) is 3.36. The molecule has 1 heterocycles. The van der Waals surface area contributed by atoms with Crippen LogP contribution in [0, 0.1) is 0 Å². The molecule has 0 fully saturated rings. The Kier molecular flexibility index (Phi) is 2.87. The number of nitrogens with two attached hydrogens (primary N) is 1. The van der Waals surface area contributed by atoms with Gasteiger partial charge in [-0.1, -0.05) is 13.8 Å². The van der Waals surface area contributed by atoms with Gasteiger partial charge in [-0.25, -0.2) is 9.89 Å². The Morgan fingerprint density at radius 2 is 2.23 bits per heavy atom. The van der Waals surface area contributed by atoms with Gasteiger partial charge in [-0.05, 0) is 12.8 Å². The third kappa shape index (κ3) is 2.18. The second kappa shape index (κ2) is 3.74. The van der Waals surface area contributed by atoms with Crippen molar-refractivity contribution in [3.05, 3.63) is 16.8 Å². The number of aromatic nitrogens is 3. The molecule has 0 saturated heterocycles. The molecule has 0 amide bonds. The summed E-state index contributed by atoms with van der Waals surface area (Å²) in [6.07, 6.45) is 3.18. The van der Waals surface area contributed by atoms with Gasteiger partial charge < -0.3 is 5.73 Å². The molecule has 74 valence electrons. The van der Waals surface area contributed by atoms with Gasteiger partial charge in [-0.2, -0.15) is 5.10 Å². The fourth-order valence-corrected chi connectivity index (χ4v) is 1.20. The van der Waals surface area contributed by atoms with Gasteiger partial charge in [-0.3, -0.25) is 4.57 Å². The number of nitrogens with zero attached hydrogens (tertiary/aromatic N) is 2. The van der Waals surface area contributed by atoms with Crippen LogP contribution in [0.15, 0.2) is 11.1 Å². The van der Waals surface area contributed by atoms with Crippen LogP contribution in [0.25, 0.3) is 0 Å². The zero-order valence-corrected chi connectivity index (χ0v) is 8.08. The van der Waals surface area contributed by atoms with Crippen molar-refractivity contribution in [1.29, 1.82) is 0 Å². The van der Waals surface area contributed by atoms with Crippen LogP contribution in [-0.2, 0) is 6.54 Å². The topological polar surface area (TPSA) is 76.7 Å². The summed E-state index contributed by atoms with van der Waals surface area (Å²) < 4.78 is 1.51. The Bertz CT molecular complexity index is 310. The van der Waals surface area contributed by atoms with Crippen molar-refractivity contribution in [1.82, 2.24) is 14.8 Å². The monoisotopic (exact) mass is 184 g/mol. The number of H-pyrrole nitrogens is 1. The minimum Gasteiger partial charge on any atom is -0.324 e. The molecule has 1 rings (SSSR count). The zero-order chi connectivity index (χ0) is 9.90. The van der Waals surface area contributed by atoms with Gasteiger partial charge in [0.2, 0.25) is 0 Å². The van der Waals surface area contributed by atoms with Gasteiger partial charge in [0.1, 0.15) is 6.33 Å². The summed E-state index contributed by atoms with van der Waals surface area (Å²) in [5, 5.41) is 5.99. The van der Waals surface area contributed by atoms with Crippen molar-refractivity contribution < 1.29 is 0 Å². The largest absolute Gasteiger partial charge is 0.343 e. The zero-order valence-electron chi connectivity index (χ0n) is 8.08. The number of hydrogen-bond donors (Lipinski definition) is 2. The minimum atomic E-state index is -0.298. The Morgan fingerprint density at radius 3 is 2.62 bits per heavy atom. The summed E-state index contributed by atoms with van der Waals surface area (Å²) in [6, 6.07) is 0. The molecule has 1 aromatic rings. The first kappa shape index (κ1) is 9.98. The maximum absolute atomic E-state index is 11.1. The lowest BCUT2D eigenvalue weighted by atomic mass is 9.94. The van der Waals surface area contributed by atoms with Crippen LogP contribution >= 0.6 is 0 Å². The average molecular weight is 184 g/mol. The van der Waals surface area contributed by atoms with Crippen LogP contribution in [0.2, 0.25) is 0 Å². The molecule has 0 bridgehead atoms. The molecule has 0 aromatic carbocycles. The molecule has 0 saturated carbocycles. The summed E-state index contributed by atoms with van der Waals surface area (Å²) in [7, 11) is 0. The van der Waals surface area contributed by atoms with Gasteiger partial charge in [-0.15, -0.1) is 0 Å². The first-order valence-electron chi connectivity index (χ1n) is 4.50. The van der Waals surface area contributed by atoms with Gasteiger partial charge >= 0.3 is 5.69 Å². The van der Waals surface area contributed by atoms with E-state index < -0.39 is 0 Å². The van der Waals surface area contributed by atoms with E-state index in [9.17, 15) is 4.79 Å². The quantitative estimate of drug-likeness (QED) is 0.696. The van der Waals surface area contributed by atoms with Crippen molar-refractivity contribution in [2.45, 2.75) is 38.8 Å². The summed E-state index contributed by atoms with van der Waals surface area (Å²) >= 11 is 0. The van der Waals surface area contributed by atoms with Crippen molar-refractivity contribution in [2.24, 2.45) is 5.73 Å². The molecule has 1 aromatic heterocycles. The Labute approximate surface area is 76.9 Å². The highest BCUT2D eigenvalue weighted by atomic mass is 16.1. The highest BCUT2D eigenvalue weighted by Crippen LogP contribution is 2.12. The molecular weight excluding hydrogens is 168 g/mol. The minimum absolute atomic E-state index is 0.197. The number of rotatable bonds is 4. The molecule has 13 heavy (non-hydrogen) atoms. The van der Waals surface area contributed by atoms with E-state index in [-0.39, 0.29) is 11.2 Å². The molecule has 0 spiro atoms. The normalized spacial score (nSPS) is 11.9. The predicted molar refractivity (Wildman–Crippen MR) is 50.3 cm³/mol. The summed E-state index contributed by atoms with van der Waals surface area (Å²) in [6.45, 7) is 4.57.